The summed E-state index contributed by atoms with van der Waals surface area (Å²) in [5.41, 5.74) is 3.16. The summed E-state index contributed by atoms with van der Waals surface area (Å²) in [6.07, 6.45) is 0.470. The maximum absolute atomic E-state index is 13.3. The lowest BCUT2D eigenvalue weighted by Crippen LogP contribution is -2.33. The van der Waals surface area contributed by atoms with Crippen molar-refractivity contribution in [2.75, 3.05) is 13.1 Å². The molecule has 154 valence electrons. The average molecular weight is 425 g/mol. The van der Waals surface area contributed by atoms with Gasteiger partial charge in [-0.2, -0.15) is 0 Å². The molecule has 4 nitrogen and oxygen atoms in total. The standard InChI is InChI=1S/C24H22ClFN2O2/c1-24(11-12-28(16-24)23(29)30-15-17-5-3-2-4-6-17)19-13-21(27-22(25)14-19)18-7-9-20(26)10-8-18/h2-10,13-14H,11-12,15-16H2,1H3. The van der Waals surface area contributed by atoms with Crippen LogP contribution in [0.15, 0.2) is 66.7 Å². The normalized spacial score (nSPS) is 18.4. The number of amides is 1. The molecule has 0 radical (unpaired) electrons. The van der Waals surface area contributed by atoms with Gasteiger partial charge in [-0.15, -0.1) is 0 Å². The fourth-order valence-electron chi connectivity index (χ4n) is 3.78. The van der Waals surface area contributed by atoms with E-state index in [-0.39, 0.29) is 23.9 Å². The molecular formula is C24H22ClFN2O2. The summed E-state index contributed by atoms with van der Waals surface area (Å²) in [4.78, 5) is 18.7. The molecule has 1 unspecified atom stereocenters. The maximum Gasteiger partial charge on any atom is 0.410 e. The number of halogens is 2. The summed E-state index contributed by atoms with van der Waals surface area (Å²) in [5.74, 6) is -0.298. The summed E-state index contributed by atoms with van der Waals surface area (Å²) in [5, 5.41) is 0.373. The number of ether oxygens (including phenoxy) is 1. The number of carbonyl (C=O) groups is 1. The molecule has 1 fully saturated rings. The number of likely N-dealkylation sites (tertiary alicyclic amines) is 1. The van der Waals surface area contributed by atoms with Crippen LogP contribution in [0.1, 0.15) is 24.5 Å². The van der Waals surface area contributed by atoms with Crippen LogP contribution in [0.3, 0.4) is 0 Å². The Morgan fingerprint density at radius 2 is 1.90 bits per heavy atom. The van der Waals surface area contributed by atoms with Crippen LogP contribution in [0.4, 0.5) is 9.18 Å². The highest BCUT2D eigenvalue weighted by Crippen LogP contribution is 2.37. The van der Waals surface area contributed by atoms with Gasteiger partial charge in [-0.05, 0) is 53.9 Å². The molecule has 0 saturated carbocycles. The largest absolute Gasteiger partial charge is 0.445 e. The van der Waals surface area contributed by atoms with Gasteiger partial charge in [0, 0.05) is 24.1 Å². The van der Waals surface area contributed by atoms with Gasteiger partial charge >= 0.3 is 6.09 Å². The van der Waals surface area contributed by atoms with E-state index in [4.69, 9.17) is 16.3 Å². The molecule has 0 bridgehead atoms. The SMILES string of the molecule is CC1(c2cc(Cl)nc(-c3ccc(F)cc3)c2)CCN(C(=O)OCc2ccccc2)C1. The van der Waals surface area contributed by atoms with Crippen LogP contribution in [0.25, 0.3) is 11.3 Å². The van der Waals surface area contributed by atoms with Gasteiger partial charge in [0.15, 0.2) is 0 Å². The van der Waals surface area contributed by atoms with E-state index in [2.05, 4.69) is 11.9 Å². The molecule has 1 amide bonds. The van der Waals surface area contributed by atoms with Gasteiger partial charge < -0.3 is 9.64 Å². The lowest BCUT2D eigenvalue weighted by Gasteiger charge is -2.25. The Hall–Kier alpha value is -2.92. The van der Waals surface area contributed by atoms with E-state index in [0.717, 1.165) is 23.1 Å². The van der Waals surface area contributed by atoms with Gasteiger partial charge in [0.05, 0.1) is 5.69 Å². The van der Waals surface area contributed by atoms with Crippen LogP contribution in [-0.2, 0) is 16.8 Å². The van der Waals surface area contributed by atoms with Gasteiger partial charge in [-0.1, -0.05) is 48.9 Å². The second-order valence-corrected chi connectivity index (χ2v) is 8.23. The van der Waals surface area contributed by atoms with Crippen LogP contribution >= 0.6 is 11.6 Å². The van der Waals surface area contributed by atoms with Gasteiger partial charge in [0.1, 0.15) is 17.6 Å². The Morgan fingerprint density at radius 1 is 1.17 bits per heavy atom. The predicted octanol–water partition coefficient (Wildman–Crippen LogP) is 5.84. The highest BCUT2D eigenvalue weighted by Gasteiger charge is 2.38. The molecule has 1 aliphatic rings. The summed E-state index contributed by atoms with van der Waals surface area (Å²) in [6, 6.07) is 19.6. The Labute approximate surface area is 180 Å². The van der Waals surface area contributed by atoms with Crippen molar-refractivity contribution in [1.82, 2.24) is 9.88 Å². The Bertz CT molecular complexity index is 1040. The van der Waals surface area contributed by atoms with Gasteiger partial charge in [0.25, 0.3) is 0 Å². The highest BCUT2D eigenvalue weighted by molar-refractivity contribution is 6.29. The zero-order chi connectivity index (χ0) is 21.1. The topological polar surface area (TPSA) is 42.4 Å². The molecule has 6 heteroatoms. The second kappa shape index (κ2) is 8.44. The maximum atomic E-state index is 13.3. The summed E-state index contributed by atoms with van der Waals surface area (Å²) >= 11 is 6.30. The van der Waals surface area contributed by atoms with Gasteiger partial charge in [-0.3, -0.25) is 0 Å². The molecule has 0 N–H and O–H groups in total. The summed E-state index contributed by atoms with van der Waals surface area (Å²) < 4.78 is 18.7. The quantitative estimate of drug-likeness (QED) is 0.494. The Balaban J connectivity index is 1.49. The molecule has 4 rings (SSSR count). The Morgan fingerprint density at radius 3 is 2.63 bits per heavy atom. The first-order valence-electron chi connectivity index (χ1n) is 9.83. The first-order chi connectivity index (χ1) is 14.4. The molecule has 3 aromatic rings. The number of carbonyl (C=O) groups excluding carboxylic acids is 1. The van der Waals surface area contributed by atoms with E-state index in [1.807, 2.05) is 42.5 Å². The summed E-state index contributed by atoms with van der Waals surface area (Å²) in [7, 11) is 0. The van der Waals surface area contributed by atoms with Gasteiger partial charge in [-0.25, -0.2) is 14.2 Å². The van der Waals surface area contributed by atoms with E-state index in [0.29, 0.717) is 23.9 Å². The minimum atomic E-state index is -0.318. The van der Waals surface area contributed by atoms with Crippen molar-refractivity contribution in [2.24, 2.45) is 0 Å². The zero-order valence-electron chi connectivity index (χ0n) is 16.6. The molecule has 1 aromatic heterocycles. The average Bonchev–Trinajstić information content (AvgIpc) is 3.16. The molecule has 0 aliphatic carbocycles. The van der Waals surface area contributed by atoms with Crippen molar-refractivity contribution in [3.8, 4) is 11.3 Å². The predicted molar refractivity (Wildman–Crippen MR) is 115 cm³/mol. The van der Waals surface area contributed by atoms with Crippen molar-refractivity contribution in [1.29, 1.82) is 0 Å². The fraction of sp³-hybridized carbons (Fsp3) is 0.250. The zero-order valence-corrected chi connectivity index (χ0v) is 17.4. The molecule has 2 heterocycles. The molecule has 2 aromatic carbocycles. The van der Waals surface area contributed by atoms with Gasteiger partial charge in [0.2, 0.25) is 0 Å². The van der Waals surface area contributed by atoms with Crippen LogP contribution in [0.5, 0.6) is 0 Å². The third kappa shape index (κ3) is 4.46. The fourth-order valence-corrected chi connectivity index (χ4v) is 3.99. The number of hydrogen-bond donors (Lipinski definition) is 0. The van der Waals surface area contributed by atoms with Crippen molar-refractivity contribution in [3.05, 3.63) is 88.8 Å². The van der Waals surface area contributed by atoms with E-state index in [9.17, 15) is 9.18 Å². The number of benzene rings is 2. The third-order valence-electron chi connectivity index (χ3n) is 5.57. The number of aromatic nitrogens is 1. The minimum absolute atomic E-state index is 0.253. The number of nitrogens with zero attached hydrogens (tertiary/aromatic N) is 2. The first kappa shape index (κ1) is 20.4. The second-order valence-electron chi connectivity index (χ2n) is 7.84. The van der Waals surface area contributed by atoms with Crippen LogP contribution < -0.4 is 0 Å². The summed E-state index contributed by atoms with van der Waals surface area (Å²) in [6.45, 7) is 3.50. The highest BCUT2D eigenvalue weighted by atomic mass is 35.5. The monoisotopic (exact) mass is 424 g/mol. The van der Waals surface area contributed by atoms with Crippen LogP contribution in [0.2, 0.25) is 5.15 Å². The Kier molecular flexibility index (Phi) is 5.73. The van der Waals surface area contributed by atoms with Crippen LogP contribution in [0, 0.1) is 5.82 Å². The third-order valence-corrected chi connectivity index (χ3v) is 5.76. The lowest BCUT2D eigenvalue weighted by molar-refractivity contribution is 0.102. The van der Waals surface area contributed by atoms with Crippen molar-refractivity contribution in [3.63, 3.8) is 0 Å². The number of hydrogen-bond acceptors (Lipinski definition) is 3. The van der Waals surface area contributed by atoms with E-state index in [1.54, 1.807) is 17.0 Å². The van der Waals surface area contributed by atoms with E-state index in [1.165, 1.54) is 12.1 Å². The molecule has 1 saturated heterocycles. The van der Waals surface area contributed by atoms with E-state index < -0.39 is 0 Å². The van der Waals surface area contributed by atoms with Crippen molar-refractivity contribution >= 4 is 17.7 Å². The van der Waals surface area contributed by atoms with Crippen molar-refractivity contribution < 1.29 is 13.9 Å². The first-order valence-corrected chi connectivity index (χ1v) is 10.2. The number of rotatable bonds is 4. The number of pyridine rings is 1. The van der Waals surface area contributed by atoms with Crippen LogP contribution in [-0.4, -0.2) is 29.1 Å². The lowest BCUT2D eigenvalue weighted by atomic mass is 9.81. The minimum Gasteiger partial charge on any atom is -0.445 e. The molecule has 1 atom stereocenters. The molecule has 1 aliphatic heterocycles. The smallest absolute Gasteiger partial charge is 0.410 e. The van der Waals surface area contributed by atoms with E-state index >= 15 is 0 Å². The molecular weight excluding hydrogens is 403 g/mol. The van der Waals surface area contributed by atoms with Crippen molar-refractivity contribution in [2.45, 2.75) is 25.4 Å². The molecule has 0 spiro atoms. The molecule has 30 heavy (non-hydrogen) atoms.